The van der Waals surface area contributed by atoms with Gasteiger partial charge >= 0.3 is 0 Å². The Morgan fingerprint density at radius 1 is 1.36 bits per heavy atom. The molecule has 1 rings (SSSR count). The third kappa shape index (κ3) is 1.45. The van der Waals surface area contributed by atoms with Crippen LogP contribution < -0.4 is 0 Å². The summed E-state index contributed by atoms with van der Waals surface area (Å²) in [6, 6.07) is 0. The van der Waals surface area contributed by atoms with E-state index in [1.54, 1.807) is 0 Å². The van der Waals surface area contributed by atoms with Crippen molar-refractivity contribution in [2.45, 2.75) is 47.5 Å². The smallest absolute Gasteiger partial charge is 0.0264 e. The van der Waals surface area contributed by atoms with Gasteiger partial charge in [-0.25, -0.2) is 0 Å². The van der Waals surface area contributed by atoms with E-state index in [-0.39, 0.29) is 0 Å². The normalized spacial score (nSPS) is 43.1. The quantitative estimate of drug-likeness (QED) is 0.581. The molecule has 3 atom stereocenters. The molecule has 66 valence electrons. The lowest BCUT2D eigenvalue weighted by Gasteiger charge is -2.13. The van der Waals surface area contributed by atoms with Gasteiger partial charge in [-0.1, -0.05) is 41.0 Å². The average molecular weight is 154 g/mol. The van der Waals surface area contributed by atoms with Crippen LogP contribution in [0, 0.1) is 23.2 Å². The van der Waals surface area contributed by atoms with Crippen LogP contribution in [0.3, 0.4) is 0 Å². The van der Waals surface area contributed by atoms with Gasteiger partial charge in [0.05, 0.1) is 0 Å². The summed E-state index contributed by atoms with van der Waals surface area (Å²) in [6.45, 7) is 11.9. The molecule has 0 N–H and O–H groups in total. The standard InChI is InChI=1S/C11H22/c1-6-10-9(4)11(10,5)7-8(2)3/h8-10H,6-7H2,1-5H3. The third-order valence-electron chi connectivity index (χ3n) is 3.67. The van der Waals surface area contributed by atoms with Gasteiger partial charge in [-0.05, 0) is 29.6 Å². The predicted molar refractivity (Wildman–Crippen MR) is 50.5 cm³/mol. The first-order valence-corrected chi connectivity index (χ1v) is 5.02. The van der Waals surface area contributed by atoms with Gasteiger partial charge in [0.25, 0.3) is 0 Å². The largest absolute Gasteiger partial charge is 0.0651 e. The molecule has 3 unspecified atom stereocenters. The Hall–Kier alpha value is 0. The van der Waals surface area contributed by atoms with Gasteiger partial charge in [0.1, 0.15) is 0 Å². The van der Waals surface area contributed by atoms with Crippen molar-refractivity contribution in [3.05, 3.63) is 0 Å². The SMILES string of the molecule is CCC1C(C)C1(C)CC(C)C. The van der Waals surface area contributed by atoms with Crippen molar-refractivity contribution in [1.82, 2.24) is 0 Å². The highest BCUT2D eigenvalue weighted by atomic mass is 14.6. The second-order valence-corrected chi connectivity index (χ2v) is 4.91. The van der Waals surface area contributed by atoms with Crippen LogP contribution in [0.2, 0.25) is 0 Å². The molecule has 1 fully saturated rings. The van der Waals surface area contributed by atoms with Crippen LogP contribution in [0.1, 0.15) is 47.5 Å². The molecule has 0 heteroatoms. The Labute approximate surface area is 71.4 Å². The molecule has 1 saturated carbocycles. The molecule has 0 saturated heterocycles. The van der Waals surface area contributed by atoms with Crippen LogP contribution in [-0.2, 0) is 0 Å². The number of hydrogen-bond donors (Lipinski definition) is 0. The van der Waals surface area contributed by atoms with Gasteiger partial charge in [0.2, 0.25) is 0 Å². The Kier molecular flexibility index (Phi) is 2.32. The van der Waals surface area contributed by atoms with E-state index < -0.39 is 0 Å². The second-order valence-electron chi connectivity index (χ2n) is 4.91. The lowest BCUT2D eigenvalue weighted by atomic mass is 9.92. The van der Waals surface area contributed by atoms with E-state index in [2.05, 4.69) is 34.6 Å². The molecule has 0 amide bonds. The van der Waals surface area contributed by atoms with Crippen molar-refractivity contribution in [2.24, 2.45) is 23.2 Å². The maximum absolute atomic E-state index is 2.46. The molecule has 0 aromatic carbocycles. The molecule has 0 heterocycles. The van der Waals surface area contributed by atoms with E-state index in [0.717, 1.165) is 17.8 Å². The summed E-state index contributed by atoms with van der Waals surface area (Å²) in [7, 11) is 0. The highest BCUT2D eigenvalue weighted by Gasteiger charge is 2.56. The minimum atomic E-state index is 0.697. The van der Waals surface area contributed by atoms with Crippen LogP contribution in [0.4, 0.5) is 0 Å². The Bertz CT molecular complexity index is 137. The van der Waals surface area contributed by atoms with Gasteiger partial charge < -0.3 is 0 Å². The molecule has 0 aliphatic heterocycles. The van der Waals surface area contributed by atoms with Crippen molar-refractivity contribution in [3.63, 3.8) is 0 Å². The maximum atomic E-state index is 2.46. The van der Waals surface area contributed by atoms with E-state index in [1.165, 1.54) is 12.8 Å². The predicted octanol–water partition coefficient (Wildman–Crippen LogP) is 3.71. The summed E-state index contributed by atoms with van der Waals surface area (Å²) in [6.07, 6.45) is 2.80. The number of hydrogen-bond acceptors (Lipinski definition) is 0. The van der Waals surface area contributed by atoms with E-state index in [4.69, 9.17) is 0 Å². The molecule has 0 spiro atoms. The van der Waals surface area contributed by atoms with Gasteiger partial charge in [-0.15, -0.1) is 0 Å². The first-order chi connectivity index (χ1) is 5.02. The molecule has 11 heavy (non-hydrogen) atoms. The van der Waals surface area contributed by atoms with E-state index in [9.17, 15) is 0 Å². The van der Waals surface area contributed by atoms with Gasteiger partial charge in [0.15, 0.2) is 0 Å². The molecular formula is C11H22. The second kappa shape index (κ2) is 2.80. The third-order valence-corrected chi connectivity index (χ3v) is 3.67. The molecule has 1 aliphatic rings. The summed E-state index contributed by atoms with van der Waals surface area (Å²) in [5.41, 5.74) is 0.697. The zero-order valence-corrected chi connectivity index (χ0v) is 8.65. The topological polar surface area (TPSA) is 0 Å². The first-order valence-electron chi connectivity index (χ1n) is 5.02. The average Bonchev–Trinajstić information content (AvgIpc) is 2.33. The van der Waals surface area contributed by atoms with Crippen molar-refractivity contribution >= 4 is 0 Å². The molecular weight excluding hydrogens is 132 g/mol. The summed E-state index contributed by atoms with van der Waals surface area (Å²) in [4.78, 5) is 0. The number of rotatable bonds is 3. The zero-order chi connectivity index (χ0) is 8.65. The highest BCUT2D eigenvalue weighted by Crippen LogP contribution is 2.63. The minimum absolute atomic E-state index is 0.697. The molecule has 0 aromatic heterocycles. The summed E-state index contributed by atoms with van der Waals surface area (Å²) in [5, 5.41) is 0. The fourth-order valence-corrected chi connectivity index (χ4v) is 2.95. The summed E-state index contributed by atoms with van der Waals surface area (Å²) < 4.78 is 0. The molecule has 1 aliphatic carbocycles. The Morgan fingerprint density at radius 2 is 1.91 bits per heavy atom. The Morgan fingerprint density at radius 3 is 2.18 bits per heavy atom. The molecule has 0 radical (unpaired) electrons. The van der Waals surface area contributed by atoms with Crippen LogP contribution >= 0.6 is 0 Å². The van der Waals surface area contributed by atoms with Crippen LogP contribution in [0.25, 0.3) is 0 Å². The first kappa shape index (κ1) is 9.09. The van der Waals surface area contributed by atoms with Crippen molar-refractivity contribution in [3.8, 4) is 0 Å². The van der Waals surface area contributed by atoms with E-state index in [0.29, 0.717) is 5.41 Å². The monoisotopic (exact) mass is 154 g/mol. The van der Waals surface area contributed by atoms with Crippen LogP contribution in [-0.4, -0.2) is 0 Å². The maximum Gasteiger partial charge on any atom is -0.0264 e. The minimum Gasteiger partial charge on any atom is -0.0651 e. The van der Waals surface area contributed by atoms with Crippen molar-refractivity contribution in [2.75, 3.05) is 0 Å². The van der Waals surface area contributed by atoms with E-state index in [1.807, 2.05) is 0 Å². The molecule has 0 bridgehead atoms. The summed E-state index contributed by atoms with van der Waals surface area (Å²) in [5.74, 6) is 2.87. The highest BCUT2D eigenvalue weighted by molar-refractivity contribution is 5.04. The molecule has 0 aromatic rings. The Balaban J connectivity index is 2.45. The van der Waals surface area contributed by atoms with Gasteiger partial charge in [0, 0.05) is 0 Å². The lowest BCUT2D eigenvalue weighted by Crippen LogP contribution is -2.03. The lowest BCUT2D eigenvalue weighted by molar-refractivity contribution is 0.370. The van der Waals surface area contributed by atoms with Crippen LogP contribution in [0.5, 0.6) is 0 Å². The van der Waals surface area contributed by atoms with Gasteiger partial charge in [-0.3, -0.25) is 0 Å². The van der Waals surface area contributed by atoms with Crippen LogP contribution in [0.15, 0.2) is 0 Å². The van der Waals surface area contributed by atoms with E-state index >= 15 is 0 Å². The zero-order valence-electron chi connectivity index (χ0n) is 8.65. The van der Waals surface area contributed by atoms with Gasteiger partial charge in [-0.2, -0.15) is 0 Å². The molecule has 0 nitrogen and oxygen atoms in total. The summed E-state index contributed by atoms with van der Waals surface area (Å²) >= 11 is 0. The van der Waals surface area contributed by atoms with Crippen molar-refractivity contribution in [1.29, 1.82) is 0 Å². The fraction of sp³-hybridized carbons (Fsp3) is 1.00. The van der Waals surface area contributed by atoms with Crippen molar-refractivity contribution < 1.29 is 0 Å². The fourth-order valence-electron chi connectivity index (χ4n) is 2.95.